The highest BCUT2D eigenvalue weighted by Crippen LogP contribution is 2.17. The molecule has 0 aromatic heterocycles. The molecule has 15 heavy (non-hydrogen) atoms. The van der Waals surface area contributed by atoms with Gasteiger partial charge >= 0.3 is 0 Å². The van der Waals surface area contributed by atoms with E-state index in [1.165, 1.54) is 12.1 Å². The van der Waals surface area contributed by atoms with Crippen molar-refractivity contribution in [1.82, 2.24) is 0 Å². The van der Waals surface area contributed by atoms with Crippen molar-refractivity contribution in [3.8, 4) is 0 Å². The van der Waals surface area contributed by atoms with Crippen LogP contribution in [0.25, 0.3) is 0 Å². The van der Waals surface area contributed by atoms with Crippen LogP contribution in [0, 0.1) is 5.82 Å². The van der Waals surface area contributed by atoms with Gasteiger partial charge < -0.3 is 4.79 Å². The topological polar surface area (TPSA) is 60.4 Å². The highest BCUT2D eigenvalue weighted by molar-refractivity contribution is 7.86. The minimum absolute atomic E-state index is 0.289. The van der Waals surface area contributed by atoms with Crippen LogP contribution in [0.1, 0.15) is 11.7 Å². The van der Waals surface area contributed by atoms with E-state index >= 15 is 0 Å². The average Bonchev–Trinajstić information content (AvgIpc) is 2.14. The molecule has 0 amide bonds. The predicted octanol–water partition coefficient (Wildman–Crippen LogP) is 1.04. The Bertz CT molecular complexity index is 438. The molecule has 0 spiro atoms. The largest absolute Gasteiger partial charge is 0.300 e. The molecule has 0 saturated heterocycles. The molecule has 1 atom stereocenters. The van der Waals surface area contributed by atoms with Crippen molar-refractivity contribution < 1.29 is 21.8 Å². The highest BCUT2D eigenvalue weighted by atomic mass is 32.2. The van der Waals surface area contributed by atoms with Crippen LogP contribution in [0.4, 0.5) is 4.39 Å². The van der Waals surface area contributed by atoms with Crippen molar-refractivity contribution in [1.29, 1.82) is 0 Å². The summed E-state index contributed by atoms with van der Waals surface area (Å²) in [5.74, 6) is -0.470. The van der Waals surface area contributed by atoms with Gasteiger partial charge in [0.2, 0.25) is 0 Å². The summed E-state index contributed by atoms with van der Waals surface area (Å²) in [4.78, 5) is 10.6. The first-order valence-electron chi connectivity index (χ1n) is 4.01. The number of aldehydes is 1. The lowest BCUT2D eigenvalue weighted by Gasteiger charge is -2.09. The first-order chi connectivity index (χ1) is 6.92. The fraction of sp³-hybridized carbons (Fsp3) is 0.222. The summed E-state index contributed by atoms with van der Waals surface area (Å²) in [6.45, 7) is 0. The molecule has 1 rings (SSSR count). The maximum absolute atomic E-state index is 12.5. The van der Waals surface area contributed by atoms with E-state index in [9.17, 15) is 17.6 Å². The van der Waals surface area contributed by atoms with Gasteiger partial charge in [-0.1, -0.05) is 12.1 Å². The van der Waals surface area contributed by atoms with E-state index in [0.29, 0.717) is 6.29 Å². The summed E-state index contributed by atoms with van der Waals surface area (Å²) in [5, 5.41) is 0. The van der Waals surface area contributed by atoms with Gasteiger partial charge in [-0.15, -0.1) is 0 Å². The number of rotatable bonds is 4. The van der Waals surface area contributed by atoms with Gasteiger partial charge in [-0.2, -0.15) is 8.42 Å². The lowest BCUT2D eigenvalue weighted by molar-refractivity contribution is -0.113. The van der Waals surface area contributed by atoms with Gasteiger partial charge in [0.1, 0.15) is 5.82 Å². The van der Waals surface area contributed by atoms with Crippen LogP contribution in [0.2, 0.25) is 0 Å². The normalized spacial score (nSPS) is 13.5. The molecule has 82 valence electrons. The number of hydrogen-bond acceptors (Lipinski definition) is 4. The molecule has 6 heteroatoms. The number of benzene rings is 1. The van der Waals surface area contributed by atoms with Gasteiger partial charge in [0, 0.05) is 0 Å². The Hall–Kier alpha value is -1.27. The number of halogens is 1. The SMILES string of the molecule is CS(=O)(=O)OC(C=O)c1ccc(F)cc1. The Balaban J connectivity index is 2.93. The van der Waals surface area contributed by atoms with Crippen molar-refractivity contribution in [2.24, 2.45) is 0 Å². The van der Waals surface area contributed by atoms with Crippen LogP contribution in [0.5, 0.6) is 0 Å². The Labute approximate surface area is 86.8 Å². The second-order valence-electron chi connectivity index (χ2n) is 2.91. The van der Waals surface area contributed by atoms with Crippen molar-refractivity contribution in [2.45, 2.75) is 6.10 Å². The minimum atomic E-state index is -3.72. The fourth-order valence-corrected chi connectivity index (χ4v) is 1.53. The first kappa shape index (κ1) is 11.8. The molecular formula is C9H9FO4S. The van der Waals surface area contributed by atoms with E-state index in [2.05, 4.69) is 4.18 Å². The maximum atomic E-state index is 12.5. The molecule has 1 unspecified atom stereocenters. The Morgan fingerprint density at radius 2 is 1.87 bits per heavy atom. The van der Waals surface area contributed by atoms with Crippen molar-refractivity contribution >= 4 is 16.4 Å². The molecule has 0 radical (unpaired) electrons. The van der Waals surface area contributed by atoms with Gasteiger partial charge in [0.25, 0.3) is 10.1 Å². The fourth-order valence-electron chi connectivity index (χ4n) is 0.998. The molecule has 0 saturated carbocycles. The van der Waals surface area contributed by atoms with E-state index in [-0.39, 0.29) is 5.56 Å². The van der Waals surface area contributed by atoms with Gasteiger partial charge in [-0.05, 0) is 17.7 Å². The zero-order valence-electron chi connectivity index (χ0n) is 7.88. The van der Waals surface area contributed by atoms with Crippen molar-refractivity contribution in [3.63, 3.8) is 0 Å². The van der Waals surface area contributed by atoms with Crippen LogP contribution in [-0.2, 0) is 19.1 Å². The van der Waals surface area contributed by atoms with E-state index in [0.717, 1.165) is 18.4 Å². The molecule has 1 aromatic rings. The summed E-state index contributed by atoms with van der Waals surface area (Å²) in [5.41, 5.74) is 0.289. The predicted molar refractivity (Wildman–Crippen MR) is 51.1 cm³/mol. The second kappa shape index (κ2) is 4.50. The third-order valence-electron chi connectivity index (χ3n) is 1.60. The molecule has 0 fully saturated rings. The Morgan fingerprint density at radius 1 is 1.33 bits per heavy atom. The molecule has 0 aliphatic carbocycles. The quantitative estimate of drug-likeness (QED) is 0.575. The molecular weight excluding hydrogens is 223 g/mol. The summed E-state index contributed by atoms with van der Waals surface area (Å²) >= 11 is 0. The van der Waals surface area contributed by atoms with Gasteiger partial charge in [-0.3, -0.25) is 4.18 Å². The third-order valence-corrected chi connectivity index (χ3v) is 2.16. The average molecular weight is 232 g/mol. The van der Waals surface area contributed by atoms with Crippen LogP contribution in [0.3, 0.4) is 0 Å². The smallest absolute Gasteiger partial charge is 0.265 e. The van der Waals surface area contributed by atoms with Crippen LogP contribution in [0.15, 0.2) is 24.3 Å². The molecule has 0 aliphatic rings. The molecule has 0 bridgehead atoms. The zero-order valence-corrected chi connectivity index (χ0v) is 8.70. The number of carbonyl (C=O) groups is 1. The summed E-state index contributed by atoms with van der Waals surface area (Å²) < 4.78 is 38.6. The van der Waals surface area contributed by atoms with Crippen molar-refractivity contribution in [3.05, 3.63) is 35.6 Å². The summed E-state index contributed by atoms with van der Waals surface area (Å²) in [6.07, 6.45) is -0.0398. The van der Waals surface area contributed by atoms with Crippen molar-refractivity contribution in [2.75, 3.05) is 6.26 Å². The zero-order chi connectivity index (χ0) is 11.5. The standard InChI is InChI=1S/C9H9FO4S/c1-15(12,13)14-9(6-11)7-2-4-8(10)5-3-7/h2-6,9H,1H3. The van der Waals surface area contributed by atoms with Crippen LogP contribution < -0.4 is 0 Å². The highest BCUT2D eigenvalue weighted by Gasteiger charge is 2.16. The molecule has 1 aromatic carbocycles. The van der Waals surface area contributed by atoms with E-state index in [4.69, 9.17) is 0 Å². The van der Waals surface area contributed by atoms with Crippen LogP contribution in [-0.4, -0.2) is 21.0 Å². The second-order valence-corrected chi connectivity index (χ2v) is 4.51. The van der Waals surface area contributed by atoms with Crippen LogP contribution >= 0.6 is 0 Å². The third kappa shape index (κ3) is 3.77. The van der Waals surface area contributed by atoms with Gasteiger partial charge in [0.05, 0.1) is 6.26 Å². The van der Waals surface area contributed by atoms with E-state index < -0.39 is 22.0 Å². The molecule has 0 aliphatic heterocycles. The maximum Gasteiger partial charge on any atom is 0.265 e. The number of hydrogen-bond donors (Lipinski definition) is 0. The Morgan fingerprint density at radius 3 is 2.27 bits per heavy atom. The molecule has 0 N–H and O–H groups in total. The minimum Gasteiger partial charge on any atom is -0.300 e. The lowest BCUT2D eigenvalue weighted by Crippen LogP contribution is -2.11. The van der Waals surface area contributed by atoms with E-state index in [1.807, 2.05) is 0 Å². The van der Waals surface area contributed by atoms with E-state index in [1.54, 1.807) is 0 Å². The lowest BCUT2D eigenvalue weighted by atomic mass is 10.1. The molecule has 0 heterocycles. The summed E-state index contributed by atoms with van der Waals surface area (Å²) in [6, 6.07) is 4.83. The number of carbonyl (C=O) groups excluding carboxylic acids is 1. The van der Waals surface area contributed by atoms with Gasteiger partial charge in [0.15, 0.2) is 12.4 Å². The monoisotopic (exact) mass is 232 g/mol. The molecule has 4 nitrogen and oxygen atoms in total. The van der Waals surface area contributed by atoms with Gasteiger partial charge in [-0.25, -0.2) is 4.39 Å². The Kier molecular flexibility index (Phi) is 3.54. The summed E-state index contributed by atoms with van der Waals surface area (Å²) in [7, 11) is -3.72. The first-order valence-corrected chi connectivity index (χ1v) is 5.83.